The topological polar surface area (TPSA) is 81.7 Å². The van der Waals surface area contributed by atoms with Gasteiger partial charge in [-0.1, -0.05) is 17.3 Å². The zero-order chi connectivity index (χ0) is 18.1. The molecule has 3 aromatic rings. The van der Waals surface area contributed by atoms with Crippen molar-refractivity contribution in [2.24, 2.45) is 0 Å². The van der Waals surface area contributed by atoms with Gasteiger partial charge in [0.1, 0.15) is 6.33 Å². The van der Waals surface area contributed by atoms with Gasteiger partial charge in [-0.25, -0.2) is 9.67 Å². The van der Waals surface area contributed by atoms with Crippen LogP contribution in [0.1, 0.15) is 24.4 Å². The number of aromatic nitrogens is 5. The number of hydrogen-bond donors (Lipinski definition) is 1. The van der Waals surface area contributed by atoms with Crippen LogP contribution in [0.5, 0.6) is 0 Å². The Morgan fingerprint density at radius 2 is 2.12 bits per heavy atom. The van der Waals surface area contributed by atoms with E-state index in [0.29, 0.717) is 0 Å². The Balaban J connectivity index is 1.58. The summed E-state index contributed by atoms with van der Waals surface area (Å²) in [7, 11) is 0. The molecule has 1 N–H and O–H groups in total. The molecule has 4 rings (SSSR count). The molecule has 1 unspecified atom stereocenters. The van der Waals surface area contributed by atoms with Crippen LogP contribution in [0.25, 0.3) is 23.1 Å². The number of piperidine rings is 1. The maximum Gasteiger partial charge on any atom is 0.416 e. The Labute approximate surface area is 146 Å². The average Bonchev–Trinajstić information content (AvgIpc) is 3.31. The van der Waals surface area contributed by atoms with E-state index in [0.717, 1.165) is 38.1 Å². The fourth-order valence-corrected chi connectivity index (χ4v) is 2.87. The Morgan fingerprint density at radius 3 is 2.88 bits per heavy atom. The Bertz CT molecular complexity index is 897. The number of benzene rings is 1. The van der Waals surface area contributed by atoms with E-state index in [4.69, 9.17) is 4.52 Å². The Morgan fingerprint density at radius 1 is 1.23 bits per heavy atom. The summed E-state index contributed by atoms with van der Waals surface area (Å²) in [5.74, 6) is 0.378. The highest BCUT2D eigenvalue weighted by Gasteiger charge is 2.31. The standard InChI is InChI=1S/C16H15F3N6O/c17-16(18,19)11-4-1-3-10(7-11)13-22-15(26-24-13)14-21-9-25(23-14)12-5-2-6-20-8-12/h1,3-4,7,9,12,20H,2,5-6,8H2. The van der Waals surface area contributed by atoms with Crippen molar-refractivity contribution in [3.63, 3.8) is 0 Å². The van der Waals surface area contributed by atoms with Crippen molar-refractivity contribution in [1.29, 1.82) is 0 Å². The summed E-state index contributed by atoms with van der Waals surface area (Å²) in [4.78, 5) is 8.31. The predicted octanol–water partition coefficient (Wildman–Crippen LogP) is 2.94. The minimum Gasteiger partial charge on any atom is -0.330 e. The molecule has 1 atom stereocenters. The molecule has 136 valence electrons. The monoisotopic (exact) mass is 364 g/mol. The third-order valence-corrected chi connectivity index (χ3v) is 4.22. The molecular formula is C16H15F3N6O. The molecule has 1 aliphatic heterocycles. The van der Waals surface area contributed by atoms with Crippen molar-refractivity contribution in [2.75, 3.05) is 13.1 Å². The van der Waals surface area contributed by atoms with E-state index in [-0.39, 0.29) is 29.1 Å². The molecule has 10 heteroatoms. The SMILES string of the molecule is FC(F)(F)c1cccc(-c2noc(-c3ncn(C4CCCNC4)n3)n2)c1. The summed E-state index contributed by atoms with van der Waals surface area (Å²) >= 11 is 0. The summed E-state index contributed by atoms with van der Waals surface area (Å²) in [6.45, 7) is 1.80. The van der Waals surface area contributed by atoms with Crippen LogP contribution in [0.15, 0.2) is 35.1 Å². The third kappa shape index (κ3) is 3.32. The van der Waals surface area contributed by atoms with Crippen molar-refractivity contribution < 1.29 is 17.7 Å². The van der Waals surface area contributed by atoms with Crippen LogP contribution in [-0.4, -0.2) is 38.0 Å². The molecule has 2 aromatic heterocycles. The van der Waals surface area contributed by atoms with E-state index in [1.165, 1.54) is 12.1 Å². The first-order valence-electron chi connectivity index (χ1n) is 8.14. The van der Waals surface area contributed by atoms with Crippen molar-refractivity contribution in [1.82, 2.24) is 30.2 Å². The van der Waals surface area contributed by atoms with Gasteiger partial charge in [0.15, 0.2) is 0 Å². The van der Waals surface area contributed by atoms with Gasteiger partial charge in [-0.05, 0) is 31.5 Å². The molecule has 26 heavy (non-hydrogen) atoms. The lowest BCUT2D eigenvalue weighted by atomic mass is 10.1. The van der Waals surface area contributed by atoms with Crippen LogP contribution in [0, 0.1) is 0 Å². The zero-order valence-electron chi connectivity index (χ0n) is 13.6. The summed E-state index contributed by atoms with van der Waals surface area (Å²) in [6.07, 6.45) is -0.784. The summed E-state index contributed by atoms with van der Waals surface area (Å²) in [5.41, 5.74) is -0.556. The highest BCUT2D eigenvalue weighted by molar-refractivity contribution is 5.58. The Hall–Kier alpha value is -2.75. The van der Waals surface area contributed by atoms with Gasteiger partial charge in [-0.2, -0.15) is 18.2 Å². The summed E-state index contributed by atoms with van der Waals surface area (Å²) in [5, 5.41) is 11.4. The quantitative estimate of drug-likeness (QED) is 0.770. The number of halogens is 3. The van der Waals surface area contributed by atoms with Crippen molar-refractivity contribution in [2.45, 2.75) is 25.1 Å². The van der Waals surface area contributed by atoms with Crippen LogP contribution in [0.2, 0.25) is 0 Å². The molecule has 1 fully saturated rings. The van der Waals surface area contributed by atoms with Crippen LogP contribution in [-0.2, 0) is 6.18 Å². The molecule has 1 saturated heterocycles. The highest BCUT2D eigenvalue weighted by Crippen LogP contribution is 2.31. The second-order valence-electron chi connectivity index (χ2n) is 6.05. The normalized spacial score (nSPS) is 18.2. The number of hydrogen-bond acceptors (Lipinski definition) is 6. The molecule has 1 aliphatic rings. The van der Waals surface area contributed by atoms with Crippen LogP contribution in [0.4, 0.5) is 13.2 Å². The number of rotatable bonds is 3. The van der Waals surface area contributed by atoms with Gasteiger partial charge in [-0.3, -0.25) is 0 Å². The molecule has 0 amide bonds. The fraction of sp³-hybridized carbons (Fsp3) is 0.375. The van der Waals surface area contributed by atoms with Gasteiger partial charge in [0, 0.05) is 12.1 Å². The molecule has 0 bridgehead atoms. The van der Waals surface area contributed by atoms with E-state index in [9.17, 15) is 13.2 Å². The summed E-state index contributed by atoms with van der Waals surface area (Å²) < 4.78 is 45.4. The smallest absolute Gasteiger partial charge is 0.330 e. The average molecular weight is 364 g/mol. The van der Waals surface area contributed by atoms with E-state index < -0.39 is 11.7 Å². The largest absolute Gasteiger partial charge is 0.416 e. The number of nitrogens with one attached hydrogen (secondary N) is 1. The van der Waals surface area contributed by atoms with Gasteiger partial charge in [0.05, 0.1) is 11.6 Å². The molecule has 0 saturated carbocycles. The highest BCUT2D eigenvalue weighted by atomic mass is 19.4. The minimum atomic E-state index is -4.43. The second kappa shape index (κ2) is 6.52. The predicted molar refractivity (Wildman–Crippen MR) is 84.9 cm³/mol. The van der Waals surface area contributed by atoms with Gasteiger partial charge in [0.2, 0.25) is 11.6 Å². The lowest BCUT2D eigenvalue weighted by molar-refractivity contribution is -0.137. The van der Waals surface area contributed by atoms with Crippen molar-refractivity contribution in [3.8, 4) is 23.1 Å². The first kappa shape index (κ1) is 16.7. The van der Waals surface area contributed by atoms with Crippen molar-refractivity contribution >= 4 is 0 Å². The lowest BCUT2D eigenvalue weighted by Crippen LogP contribution is -2.31. The fourth-order valence-electron chi connectivity index (χ4n) is 2.87. The molecule has 3 heterocycles. The zero-order valence-corrected chi connectivity index (χ0v) is 13.6. The molecule has 1 aromatic carbocycles. The first-order valence-corrected chi connectivity index (χ1v) is 8.14. The summed E-state index contributed by atoms with van der Waals surface area (Å²) in [6, 6.07) is 4.97. The van der Waals surface area contributed by atoms with Crippen molar-refractivity contribution in [3.05, 3.63) is 36.2 Å². The van der Waals surface area contributed by atoms with Gasteiger partial charge < -0.3 is 9.84 Å². The van der Waals surface area contributed by atoms with E-state index in [2.05, 4.69) is 25.5 Å². The molecule has 0 aliphatic carbocycles. The number of alkyl halides is 3. The maximum atomic E-state index is 12.8. The van der Waals surface area contributed by atoms with Gasteiger partial charge in [0.25, 0.3) is 5.89 Å². The van der Waals surface area contributed by atoms with E-state index in [1.807, 2.05) is 0 Å². The van der Waals surface area contributed by atoms with Crippen LogP contribution in [0.3, 0.4) is 0 Å². The molecule has 0 radical (unpaired) electrons. The van der Waals surface area contributed by atoms with Gasteiger partial charge >= 0.3 is 6.18 Å². The molecule has 0 spiro atoms. The second-order valence-corrected chi connectivity index (χ2v) is 6.05. The number of nitrogens with zero attached hydrogens (tertiary/aromatic N) is 5. The molecule has 7 nitrogen and oxygen atoms in total. The third-order valence-electron chi connectivity index (χ3n) is 4.22. The van der Waals surface area contributed by atoms with E-state index in [1.54, 1.807) is 11.0 Å². The lowest BCUT2D eigenvalue weighted by Gasteiger charge is -2.22. The molecular weight excluding hydrogens is 349 g/mol. The van der Waals surface area contributed by atoms with Crippen LogP contribution >= 0.6 is 0 Å². The van der Waals surface area contributed by atoms with Crippen LogP contribution < -0.4 is 5.32 Å². The maximum absolute atomic E-state index is 12.8. The minimum absolute atomic E-state index is 0.0572. The van der Waals surface area contributed by atoms with E-state index >= 15 is 0 Å². The Kier molecular flexibility index (Phi) is 4.19. The first-order chi connectivity index (χ1) is 12.5. The van der Waals surface area contributed by atoms with Gasteiger partial charge in [-0.15, -0.1) is 5.10 Å².